The largest absolute Gasteiger partial charge is 0.325 e. The summed E-state index contributed by atoms with van der Waals surface area (Å²) in [5.41, 5.74) is 2.16. The maximum atomic E-state index is 12.1. The first-order chi connectivity index (χ1) is 9.29. The zero-order valence-corrected chi connectivity index (χ0v) is 11.8. The Kier molecular flexibility index (Phi) is 5.40. The monoisotopic (exact) mass is 260 g/mol. The van der Waals surface area contributed by atoms with Gasteiger partial charge in [0.1, 0.15) is 0 Å². The highest BCUT2D eigenvalue weighted by Gasteiger charge is 2.13. The van der Waals surface area contributed by atoms with Crippen molar-refractivity contribution in [3.05, 3.63) is 29.8 Å². The number of aryl methyl sites for hydroxylation is 1. The molecule has 1 fully saturated rings. The van der Waals surface area contributed by atoms with E-state index in [-0.39, 0.29) is 5.91 Å². The fraction of sp³-hybridized carbons (Fsp3) is 0.562. The minimum Gasteiger partial charge on any atom is -0.325 e. The van der Waals surface area contributed by atoms with E-state index >= 15 is 0 Å². The number of hydrogen-bond acceptors (Lipinski definition) is 2. The van der Waals surface area contributed by atoms with E-state index in [0.717, 1.165) is 25.2 Å². The Morgan fingerprint density at radius 3 is 2.53 bits per heavy atom. The number of para-hydroxylation sites is 1. The lowest BCUT2D eigenvalue weighted by Gasteiger charge is -2.19. The van der Waals surface area contributed by atoms with Crippen molar-refractivity contribution in [3.8, 4) is 0 Å². The van der Waals surface area contributed by atoms with Crippen LogP contribution in [0.4, 0.5) is 5.69 Å². The number of amides is 1. The molecule has 19 heavy (non-hydrogen) atoms. The van der Waals surface area contributed by atoms with Crippen molar-refractivity contribution < 1.29 is 4.79 Å². The molecule has 0 unspecified atom stereocenters. The molecule has 1 saturated heterocycles. The molecule has 3 heteroatoms. The van der Waals surface area contributed by atoms with Crippen molar-refractivity contribution in [2.75, 3.05) is 25.0 Å². The van der Waals surface area contributed by atoms with Gasteiger partial charge in [0.2, 0.25) is 5.91 Å². The van der Waals surface area contributed by atoms with Gasteiger partial charge >= 0.3 is 0 Å². The summed E-state index contributed by atoms with van der Waals surface area (Å²) in [6.07, 6.45) is 5.99. The first-order valence-electron chi connectivity index (χ1n) is 7.39. The number of nitrogens with zero attached hydrogens (tertiary/aromatic N) is 1. The van der Waals surface area contributed by atoms with Gasteiger partial charge in [-0.15, -0.1) is 0 Å². The lowest BCUT2D eigenvalue weighted by atomic mass is 10.1. The lowest BCUT2D eigenvalue weighted by molar-refractivity contribution is -0.117. The molecule has 1 aromatic carbocycles. The standard InChI is InChI=1S/C16H24N2O/c1-2-14-9-5-6-10-15(14)17-16(19)13-18-11-7-3-4-8-12-18/h5-6,9-10H,2-4,7-8,11-13H2,1H3,(H,17,19). The Morgan fingerprint density at radius 1 is 1.16 bits per heavy atom. The maximum Gasteiger partial charge on any atom is 0.238 e. The second-order valence-corrected chi connectivity index (χ2v) is 5.25. The average molecular weight is 260 g/mol. The van der Waals surface area contributed by atoms with Crippen LogP contribution in [0.15, 0.2) is 24.3 Å². The number of benzene rings is 1. The quantitative estimate of drug-likeness (QED) is 0.902. The Labute approximate surface area is 116 Å². The van der Waals surface area contributed by atoms with Crippen LogP contribution >= 0.6 is 0 Å². The molecule has 0 aromatic heterocycles. The molecule has 0 spiro atoms. The molecule has 1 aliphatic heterocycles. The molecule has 1 heterocycles. The molecule has 104 valence electrons. The van der Waals surface area contributed by atoms with Gasteiger partial charge in [0.25, 0.3) is 0 Å². The predicted octanol–water partition coefficient (Wildman–Crippen LogP) is 3.06. The van der Waals surface area contributed by atoms with Crippen LogP contribution in [0.3, 0.4) is 0 Å². The van der Waals surface area contributed by atoms with E-state index in [1.54, 1.807) is 0 Å². The van der Waals surface area contributed by atoms with Gasteiger partial charge in [0.15, 0.2) is 0 Å². The topological polar surface area (TPSA) is 32.3 Å². The smallest absolute Gasteiger partial charge is 0.238 e. The third-order valence-corrected chi connectivity index (χ3v) is 3.74. The van der Waals surface area contributed by atoms with Gasteiger partial charge in [-0.3, -0.25) is 9.69 Å². The van der Waals surface area contributed by atoms with E-state index in [2.05, 4.69) is 23.2 Å². The first kappa shape index (κ1) is 14.1. The van der Waals surface area contributed by atoms with E-state index in [1.807, 2.05) is 18.2 Å². The van der Waals surface area contributed by atoms with Gasteiger partial charge in [0.05, 0.1) is 6.54 Å². The summed E-state index contributed by atoms with van der Waals surface area (Å²) in [4.78, 5) is 14.4. The van der Waals surface area contributed by atoms with E-state index in [4.69, 9.17) is 0 Å². The molecule has 0 radical (unpaired) electrons. The van der Waals surface area contributed by atoms with Gasteiger partial charge in [0, 0.05) is 5.69 Å². The molecule has 1 aliphatic rings. The van der Waals surface area contributed by atoms with E-state index in [9.17, 15) is 4.79 Å². The van der Waals surface area contributed by atoms with Crippen molar-refractivity contribution in [3.63, 3.8) is 0 Å². The average Bonchev–Trinajstić information content (AvgIpc) is 2.68. The van der Waals surface area contributed by atoms with Crippen LogP contribution in [0.2, 0.25) is 0 Å². The van der Waals surface area contributed by atoms with E-state index < -0.39 is 0 Å². The van der Waals surface area contributed by atoms with Crippen LogP contribution in [-0.2, 0) is 11.2 Å². The van der Waals surface area contributed by atoms with Gasteiger partial charge in [-0.1, -0.05) is 38.0 Å². The molecule has 0 atom stereocenters. The summed E-state index contributed by atoms with van der Waals surface area (Å²) in [7, 11) is 0. The second kappa shape index (κ2) is 7.29. The second-order valence-electron chi connectivity index (χ2n) is 5.25. The SMILES string of the molecule is CCc1ccccc1NC(=O)CN1CCCCCC1. The molecule has 1 amide bonds. The molecule has 2 rings (SSSR count). The zero-order valence-electron chi connectivity index (χ0n) is 11.8. The van der Waals surface area contributed by atoms with Crippen LogP contribution in [0.25, 0.3) is 0 Å². The zero-order chi connectivity index (χ0) is 13.5. The number of likely N-dealkylation sites (tertiary alicyclic amines) is 1. The van der Waals surface area contributed by atoms with Crippen molar-refractivity contribution >= 4 is 11.6 Å². The van der Waals surface area contributed by atoms with Gasteiger partial charge in [-0.05, 0) is 44.0 Å². The Hall–Kier alpha value is -1.35. The van der Waals surface area contributed by atoms with Crippen molar-refractivity contribution in [1.29, 1.82) is 0 Å². The summed E-state index contributed by atoms with van der Waals surface area (Å²) < 4.78 is 0. The summed E-state index contributed by atoms with van der Waals surface area (Å²) in [6, 6.07) is 8.05. The van der Waals surface area contributed by atoms with Crippen molar-refractivity contribution in [1.82, 2.24) is 4.90 Å². The first-order valence-corrected chi connectivity index (χ1v) is 7.39. The lowest BCUT2D eigenvalue weighted by Crippen LogP contribution is -2.34. The molecule has 1 aromatic rings. The van der Waals surface area contributed by atoms with Crippen LogP contribution in [-0.4, -0.2) is 30.4 Å². The molecule has 3 nitrogen and oxygen atoms in total. The Morgan fingerprint density at radius 2 is 1.84 bits per heavy atom. The third kappa shape index (κ3) is 4.35. The third-order valence-electron chi connectivity index (χ3n) is 3.74. The Balaban J connectivity index is 1.89. The fourth-order valence-corrected chi connectivity index (χ4v) is 2.64. The van der Waals surface area contributed by atoms with Gasteiger partial charge < -0.3 is 5.32 Å². The highest BCUT2D eigenvalue weighted by molar-refractivity contribution is 5.93. The van der Waals surface area contributed by atoms with Crippen LogP contribution < -0.4 is 5.32 Å². The predicted molar refractivity (Wildman–Crippen MR) is 79.4 cm³/mol. The van der Waals surface area contributed by atoms with E-state index in [1.165, 1.54) is 31.2 Å². The highest BCUT2D eigenvalue weighted by Crippen LogP contribution is 2.15. The summed E-state index contributed by atoms with van der Waals surface area (Å²) in [5.74, 6) is 0.114. The molecule has 0 bridgehead atoms. The number of carbonyl (C=O) groups excluding carboxylic acids is 1. The van der Waals surface area contributed by atoms with E-state index in [0.29, 0.717) is 6.54 Å². The molecule has 1 N–H and O–H groups in total. The number of nitrogens with one attached hydrogen (secondary N) is 1. The molecular formula is C16H24N2O. The molecule has 0 saturated carbocycles. The number of anilines is 1. The summed E-state index contributed by atoms with van der Waals surface area (Å²) in [6.45, 7) is 4.75. The van der Waals surface area contributed by atoms with Crippen LogP contribution in [0.5, 0.6) is 0 Å². The summed E-state index contributed by atoms with van der Waals surface area (Å²) >= 11 is 0. The van der Waals surface area contributed by atoms with Crippen molar-refractivity contribution in [2.24, 2.45) is 0 Å². The van der Waals surface area contributed by atoms with Crippen molar-refractivity contribution in [2.45, 2.75) is 39.0 Å². The molecular weight excluding hydrogens is 236 g/mol. The Bertz CT molecular complexity index is 409. The maximum absolute atomic E-state index is 12.1. The van der Waals surface area contributed by atoms with Gasteiger partial charge in [-0.25, -0.2) is 0 Å². The molecule has 0 aliphatic carbocycles. The van der Waals surface area contributed by atoms with Crippen LogP contribution in [0.1, 0.15) is 38.2 Å². The summed E-state index contributed by atoms with van der Waals surface area (Å²) in [5, 5.41) is 3.05. The number of rotatable bonds is 4. The minimum absolute atomic E-state index is 0.114. The number of carbonyl (C=O) groups is 1. The van der Waals surface area contributed by atoms with Crippen LogP contribution in [0, 0.1) is 0 Å². The normalized spacial score (nSPS) is 16.9. The minimum atomic E-state index is 0.114. The highest BCUT2D eigenvalue weighted by atomic mass is 16.2. The van der Waals surface area contributed by atoms with Gasteiger partial charge in [-0.2, -0.15) is 0 Å². The fourth-order valence-electron chi connectivity index (χ4n) is 2.64. The number of hydrogen-bond donors (Lipinski definition) is 1.